The Labute approximate surface area is 205 Å². The van der Waals surface area contributed by atoms with Crippen molar-refractivity contribution >= 4 is 22.9 Å². The number of rotatable bonds is 8. The normalized spacial score (nSPS) is 13.8. The predicted molar refractivity (Wildman–Crippen MR) is 139 cm³/mol. The maximum absolute atomic E-state index is 4.88. The summed E-state index contributed by atoms with van der Waals surface area (Å²) in [5.41, 5.74) is 4.42. The van der Waals surface area contributed by atoms with Crippen molar-refractivity contribution in [1.82, 2.24) is 24.8 Å². The van der Waals surface area contributed by atoms with Gasteiger partial charge in [-0.25, -0.2) is 15.0 Å². The van der Waals surface area contributed by atoms with E-state index < -0.39 is 0 Å². The lowest BCUT2D eigenvalue weighted by Gasteiger charge is -2.24. The minimum Gasteiger partial charge on any atom is -0.370 e. The summed E-state index contributed by atoms with van der Waals surface area (Å²) in [5, 5.41) is 9.30. The largest absolute Gasteiger partial charge is 0.370 e. The van der Waals surface area contributed by atoms with Crippen molar-refractivity contribution in [2.24, 2.45) is 16.0 Å². The highest BCUT2D eigenvalue weighted by Gasteiger charge is 2.28. The minimum atomic E-state index is 0.520. The van der Waals surface area contributed by atoms with Crippen LogP contribution in [0.2, 0.25) is 0 Å². The van der Waals surface area contributed by atoms with Gasteiger partial charge in [0.2, 0.25) is 11.6 Å². The molecule has 0 aliphatic carbocycles. The van der Waals surface area contributed by atoms with Gasteiger partial charge in [-0.1, -0.05) is 50.2 Å². The first-order valence-corrected chi connectivity index (χ1v) is 11.9. The number of nitrogens with zero attached hydrogens (tertiary/aromatic N) is 8. The number of hydrogen-bond acceptors (Lipinski definition) is 7. The van der Waals surface area contributed by atoms with Gasteiger partial charge in [0.15, 0.2) is 5.82 Å². The highest BCUT2D eigenvalue weighted by molar-refractivity contribution is 6.49. The van der Waals surface area contributed by atoms with Crippen LogP contribution < -0.4 is 4.90 Å². The van der Waals surface area contributed by atoms with Crippen molar-refractivity contribution in [3.8, 4) is 11.5 Å². The molecule has 176 valence electrons. The summed E-state index contributed by atoms with van der Waals surface area (Å²) >= 11 is 0. The minimum absolute atomic E-state index is 0.520. The molecule has 0 amide bonds. The van der Waals surface area contributed by atoms with E-state index in [1.54, 1.807) is 11.0 Å². The Morgan fingerprint density at radius 2 is 1.80 bits per heavy atom. The van der Waals surface area contributed by atoms with Gasteiger partial charge in [0.25, 0.3) is 0 Å². The smallest absolute Gasteiger partial charge is 0.204 e. The second-order valence-electron chi connectivity index (χ2n) is 8.84. The van der Waals surface area contributed by atoms with E-state index in [-0.39, 0.29) is 0 Å². The predicted octanol–water partition coefficient (Wildman–Crippen LogP) is 4.80. The van der Waals surface area contributed by atoms with E-state index in [9.17, 15) is 0 Å². The molecule has 5 rings (SSSR count). The van der Waals surface area contributed by atoms with Crippen LogP contribution in [-0.2, 0) is 6.42 Å². The van der Waals surface area contributed by atoms with Gasteiger partial charge >= 0.3 is 0 Å². The zero-order valence-corrected chi connectivity index (χ0v) is 20.2. The van der Waals surface area contributed by atoms with Gasteiger partial charge in [-0.2, -0.15) is 5.10 Å². The Kier molecular flexibility index (Phi) is 6.43. The van der Waals surface area contributed by atoms with Crippen molar-refractivity contribution in [2.75, 3.05) is 18.0 Å². The number of fused-ring (bicyclic) bond motifs is 1. The van der Waals surface area contributed by atoms with Crippen molar-refractivity contribution in [2.45, 2.75) is 27.2 Å². The fourth-order valence-electron chi connectivity index (χ4n) is 4.04. The second-order valence-corrected chi connectivity index (χ2v) is 8.84. The molecule has 8 nitrogen and oxygen atoms in total. The molecule has 0 fully saturated rings. The molecule has 0 atom stereocenters. The van der Waals surface area contributed by atoms with Gasteiger partial charge in [-0.3, -0.25) is 4.98 Å². The summed E-state index contributed by atoms with van der Waals surface area (Å²) in [6.45, 7) is 8.52. The molecule has 1 aliphatic rings. The molecular weight excluding hydrogens is 436 g/mol. The van der Waals surface area contributed by atoms with Crippen molar-refractivity contribution < 1.29 is 0 Å². The first kappa shape index (κ1) is 22.6. The summed E-state index contributed by atoms with van der Waals surface area (Å²) in [4.78, 5) is 22.5. The number of aliphatic imine (C=N–C) groups is 1. The van der Waals surface area contributed by atoms with E-state index in [1.165, 1.54) is 0 Å². The zero-order chi connectivity index (χ0) is 24.2. The number of aromatic nitrogens is 5. The van der Waals surface area contributed by atoms with Crippen LogP contribution in [0.5, 0.6) is 0 Å². The molecule has 4 heterocycles. The van der Waals surface area contributed by atoms with Crippen LogP contribution in [0.25, 0.3) is 11.5 Å². The van der Waals surface area contributed by atoms with Crippen LogP contribution in [0.3, 0.4) is 0 Å². The summed E-state index contributed by atoms with van der Waals surface area (Å²) < 4.78 is 0. The van der Waals surface area contributed by atoms with Crippen LogP contribution in [0, 0.1) is 5.92 Å². The van der Waals surface area contributed by atoms with Gasteiger partial charge in [-0.15, -0.1) is 9.89 Å². The van der Waals surface area contributed by atoms with Gasteiger partial charge in [0.05, 0.1) is 17.6 Å². The number of benzene rings is 1. The highest BCUT2D eigenvalue weighted by Crippen LogP contribution is 2.23. The molecule has 1 aromatic carbocycles. The second kappa shape index (κ2) is 9.97. The summed E-state index contributed by atoms with van der Waals surface area (Å²) in [5.74, 6) is 2.30. The average Bonchev–Trinajstić information content (AvgIpc) is 3.43. The van der Waals surface area contributed by atoms with Gasteiger partial charge in [0.1, 0.15) is 11.4 Å². The Balaban J connectivity index is 1.50. The molecule has 0 radical (unpaired) electrons. The van der Waals surface area contributed by atoms with Crippen molar-refractivity contribution in [1.29, 1.82) is 0 Å². The third kappa shape index (κ3) is 5.01. The first-order chi connectivity index (χ1) is 17.1. The van der Waals surface area contributed by atoms with Gasteiger partial charge in [0, 0.05) is 25.7 Å². The molecule has 0 saturated heterocycles. The van der Waals surface area contributed by atoms with E-state index in [2.05, 4.69) is 58.9 Å². The zero-order valence-electron chi connectivity index (χ0n) is 20.2. The molecule has 1 aliphatic heterocycles. The van der Waals surface area contributed by atoms with E-state index in [4.69, 9.17) is 15.1 Å². The van der Waals surface area contributed by atoms with Gasteiger partial charge in [-0.05, 0) is 42.7 Å². The average molecular weight is 465 g/mol. The first-order valence-electron chi connectivity index (χ1n) is 11.9. The molecule has 0 N–H and O–H groups in total. The van der Waals surface area contributed by atoms with E-state index in [1.807, 2.05) is 48.7 Å². The third-order valence-electron chi connectivity index (χ3n) is 5.69. The standard InChI is InChI=1S/C27H28N8/c1-4-34(18-19(2)3)21-13-14-24(29-17-21)30-25-23(16-20-10-6-5-7-11-20)32-35-27(25)31-26(33-35)22-12-8-9-15-28-22/h5-15,17,19H,4,16,18H2,1-3H3/b30-25-. The number of hydrogen-bond donors (Lipinski definition) is 0. The molecular formula is C27H28N8. The Morgan fingerprint density at radius 3 is 2.49 bits per heavy atom. The molecule has 35 heavy (non-hydrogen) atoms. The number of pyridine rings is 2. The van der Waals surface area contributed by atoms with Crippen LogP contribution in [0.15, 0.2) is 83.2 Å². The van der Waals surface area contributed by atoms with E-state index in [0.29, 0.717) is 41.2 Å². The van der Waals surface area contributed by atoms with E-state index in [0.717, 1.165) is 30.1 Å². The Hall–Kier alpha value is -4.20. The summed E-state index contributed by atoms with van der Waals surface area (Å²) in [7, 11) is 0. The maximum atomic E-state index is 4.88. The molecule has 0 unspecified atom stereocenters. The quantitative estimate of drug-likeness (QED) is 0.374. The van der Waals surface area contributed by atoms with Crippen LogP contribution in [0.4, 0.5) is 11.5 Å². The Morgan fingerprint density at radius 1 is 0.971 bits per heavy atom. The summed E-state index contributed by atoms with van der Waals surface area (Å²) in [6, 6.07) is 19.9. The fraction of sp³-hybridized carbons (Fsp3) is 0.259. The monoisotopic (exact) mass is 464 g/mol. The third-order valence-corrected chi connectivity index (χ3v) is 5.69. The SMILES string of the molecule is CCN(CC(C)C)c1ccc(/N=C2/C(Cc3ccccc3)=Nn3nc(-c4ccccn4)nc32)nc1. The lowest BCUT2D eigenvalue weighted by molar-refractivity contribution is 0.618. The topological polar surface area (TPSA) is 84.5 Å². The maximum Gasteiger partial charge on any atom is 0.204 e. The molecule has 4 aromatic rings. The lowest BCUT2D eigenvalue weighted by Crippen LogP contribution is -2.27. The molecule has 0 spiro atoms. The highest BCUT2D eigenvalue weighted by atomic mass is 15.6. The molecule has 8 heteroatoms. The van der Waals surface area contributed by atoms with Gasteiger partial charge < -0.3 is 4.90 Å². The number of anilines is 1. The van der Waals surface area contributed by atoms with Crippen LogP contribution >= 0.6 is 0 Å². The summed E-state index contributed by atoms with van der Waals surface area (Å²) in [6.07, 6.45) is 4.24. The molecule has 3 aromatic heterocycles. The van der Waals surface area contributed by atoms with Crippen molar-refractivity contribution in [3.63, 3.8) is 0 Å². The fourth-order valence-corrected chi connectivity index (χ4v) is 4.04. The molecule has 0 saturated carbocycles. The molecule has 0 bridgehead atoms. The Bertz CT molecular complexity index is 1340. The van der Waals surface area contributed by atoms with Crippen LogP contribution in [0.1, 0.15) is 32.2 Å². The van der Waals surface area contributed by atoms with Crippen molar-refractivity contribution in [3.05, 3.63) is 84.4 Å². The van der Waals surface area contributed by atoms with Crippen LogP contribution in [-0.4, -0.2) is 49.4 Å². The van der Waals surface area contributed by atoms with E-state index >= 15 is 0 Å². The lowest BCUT2D eigenvalue weighted by atomic mass is 10.1.